The van der Waals surface area contributed by atoms with Crippen molar-refractivity contribution in [3.63, 3.8) is 0 Å². The maximum Gasteiger partial charge on any atom is 0.126 e. The lowest BCUT2D eigenvalue weighted by Crippen LogP contribution is -2.30. The zero-order chi connectivity index (χ0) is 14.5. The van der Waals surface area contributed by atoms with Crippen molar-refractivity contribution in [1.29, 1.82) is 0 Å². The highest BCUT2D eigenvalue weighted by atomic mass is 15.1. The molecule has 1 aliphatic heterocycles. The smallest absolute Gasteiger partial charge is 0.126 e. The summed E-state index contributed by atoms with van der Waals surface area (Å²) in [6.07, 6.45) is 2.26. The standard InChI is InChI=1S/C18H23N3/c1-2-11-19-18-9-5-8-17(20-18)14-21-12-10-15-6-3-4-7-16(15)13-21/h3-9H,2,10-14H2,1H3,(H,19,20). The van der Waals surface area contributed by atoms with Gasteiger partial charge in [-0.15, -0.1) is 0 Å². The maximum absolute atomic E-state index is 4.71. The Hall–Kier alpha value is -1.87. The highest BCUT2D eigenvalue weighted by Gasteiger charge is 2.16. The van der Waals surface area contributed by atoms with Crippen LogP contribution in [0, 0.1) is 0 Å². The van der Waals surface area contributed by atoms with Crippen LogP contribution in [0.1, 0.15) is 30.2 Å². The van der Waals surface area contributed by atoms with Crippen molar-refractivity contribution in [3.05, 3.63) is 59.3 Å². The van der Waals surface area contributed by atoms with E-state index in [0.717, 1.165) is 50.5 Å². The second-order valence-corrected chi connectivity index (χ2v) is 5.67. The van der Waals surface area contributed by atoms with E-state index in [0.29, 0.717) is 0 Å². The second-order valence-electron chi connectivity index (χ2n) is 5.67. The lowest BCUT2D eigenvalue weighted by atomic mass is 10.00. The molecule has 0 unspecified atom stereocenters. The van der Waals surface area contributed by atoms with Gasteiger partial charge in [0.15, 0.2) is 0 Å². The van der Waals surface area contributed by atoms with E-state index in [4.69, 9.17) is 4.98 Å². The third kappa shape index (κ3) is 3.61. The van der Waals surface area contributed by atoms with Crippen LogP contribution in [0.5, 0.6) is 0 Å². The van der Waals surface area contributed by atoms with Crippen LogP contribution in [0.25, 0.3) is 0 Å². The molecule has 0 radical (unpaired) electrons. The van der Waals surface area contributed by atoms with Gasteiger partial charge in [0.2, 0.25) is 0 Å². The van der Waals surface area contributed by atoms with Crippen LogP contribution < -0.4 is 5.32 Å². The van der Waals surface area contributed by atoms with E-state index in [2.05, 4.69) is 53.5 Å². The first-order valence-electron chi connectivity index (χ1n) is 7.84. The molecule has 0 aliphatic carbocycles. The molecule has 0 saturated carbocycles. The third-order valence-corrected chi connectivity index (χ3v) is 3.96. The topological polar surface area (TPSA) is 28.2 Å². The molecule has 110 valence electrons. The summed E-state index contributed by atoms with van der Waals surface area (Å²) in [6, 6.07) is 15.0. The fraction of sp³-hybridized carbons (Fsp3) is 0.389. The number of hydrogen-bond acceptors (Lipinski definition) is 3. The largest absolute Gasteiger partial charge is 0.370 e. The Kier molecular flexibility index (Phi) is 4.51. The second kappa shape index (κ2) is 6.72. The van der Waals surface area contributed by atoms with Crippen LogP contribution in [0.3, 0.4) is 0 Å². The van der Waals surface area contributed by atoms with E-state index in [1.165, 1.54) is 11.1 Å². The van der Waals surface area contributed by atoms with Crippen molar-refractivity contribution in [2.45, 2.75) is 32.9 Å². The summed E-state index contributed by atoms with van der Waals surface area (Å²) in [4.78, 5) is 7.19. The van der Waals surface area contributed by atoms with Crippen LogP contribution in [0.15, 0.2) is 42.5 Å². The van der Waals surface area contributed by atoms with Gasteiger partial charge in [0, 0.05) is 26.2 Å². The number of nitrogens with zero attached hydrogens (tertiary/aromatic N) is 2. The van der Waals surface area contributed by atoms with E-state index in [1.54, 1.807) is 0 Å². The van der Waals surface area contributed by atoms with E-state index in [9.17, 15) is 0 Å². The number of rotatable bonds is 5. The molecule has 0 spiro atoms. The fourth-order valence-electron chi connectivity index (χ4n) is 2.84. The van der Waals surface area contributed by atoms with E-state index in [-0.39, 0.29) is 0 Å². The molecule has 1 aromatic carbocycles. The molecule has 3 heteroatoms. The van der Waals surface area contributed by atoms with Gasteiger partial charge in [0.1, 0.15) is 5.82 Å². The van der Waals surface area contributed by atoms with Crippen molar-refractivity contribution >= 4 is 5.82 Å². The van der Waals surface area contributed by atoms with Gasteiger partial charge in [-0.2, -0.15) is 0 Å². The number of nitrogens with one attached hydrogen (secondary N) is 1. The van der Waals surface area contributed by atoms with Gasteiger partial charge < -0.3 is 5.32 Å². The summed E-state index contributed by atoms with van der Waals surface area (Å²) in [5.74, 6) is 0.992. The first-order valence-corrected chi connectivity index (χ1v) is 7.84. The number of aromatic nitrogens is 1. The van der Waals surface area contributed by atoms with Gasteiger partial charge in [-0.3, -0.25) is 4.90 Å². The monoisotopic (exact) mass is 281 g/mol. The lowest BCUT2D eigenvalue weighted by molar-refractivity contribution is 0.243. The van der Waals surface area contributed by atoms with E-state index < -0.39 is 0 Å². The quantitative estimate of drug-likeness (QED) is 0.909. The Morgan fingerprint density at radius 3 is 2.81 bits per heavy atom. The van der Waals surface area contributed by atoms with E-state index in [1.807, 2.05) is 6.07 Å². The van der Waals surface area contributed by atoms with Crippen molar-refractivity contribution in [2.75, 3.05) is 18.4 Å². The summed E-state index contributed by atoms with van der Waals surface area (Å²) in [5, 5.41) is 3.36. The Bertz CT molecular complexity index is 595. The van der Waals surface area contributed by atoms with Crippen LogP contribution in [-0.4, -0.2) is 23.0 Å². The van der Waals surface area contributed by atoms with Crippen LogP contribution >= 0.6 is 0 Å². The SMILES string of the molecule is CCCNc1cccc(CN2CCc3ccccc3C2)n1. The van der Waals surface area contributed by atoms with Crippen molar-refractivity contribution in [2.24, 2.45) is 0 Å². The van der Waals surface area contributed by atoms with Crippen LogP contribution in [0.2, 0.25) is 0 Å². The molecular formula is C18H23N3. The molecule has 0 atom stereocenters. The lowest BCUT2D eigenvalue weighted by Gasteiger charge is -2.28. The molecule has 0 bridgehead atoms. The van der Waals surface area contributed by atoms with Crippen LogP contribution in [0.4, 0.5) is 5.82 Å². The first kappa shape index (κ1) is 14.1. The molecular weight excluding hydrogens is 258 g/mol. The van der Waals surface area contributed by atoms with Gasteiger partial charge in [-0.1, -0.05) is 37.3 Å². The number of pyridine rings is 1. The molecule has 0 amide bonds. The molecule has 21 heavy (non-hydrogen) atoms. The van der Waals surface area contributed by atoms with E-state index >= 15 is 0 Å². The molecule has 2 heterocycles. The van der Waals surface area contributed by atoms with Crippen molar-refractivity contribution in [1.82, 2.24) is 9.88 Å². The highest BCUT2D eigenvalue weighted by molar-refractivity contribution is 5.35. The summed E-state index contributed by atoms with van der Waals surface area (Å²) in [5.41, 5.74) is 4.11. The first-order chi connectivity index (χ1) is 10.3. The van der Waals surface area contributed by atoms with Gasteiger partial charge in [0.05, 0.1) is 5.69 Å². The van der Waals surface area contributed by atoms with Gasteiger partial charge in [-0.05, 0) is 36.1 Å². The highest BCUT2D eigenvalue weighted by Crippen LogP contribution is 2.20. The Balaban J connectivity index is 1.65. The minimum atomic E-state index is 0.927. The molecule has 1 aromatic heterocycles. The van der Waals surface area contributed by atoms with Crippen molar-refractivity contribution in [3.8, 4) is 0 Å². The minimum absolute atomic E-state index is 0.927. The molecule has 2 aromatic rings. The van der Waals surface area contributed by atoms with Crippen molar-refractivity contribution < 1.29 is 0 Å². The zero-order valence-electron chi connectivity index (χ0n) is 12.7. The fourth-order valence-corrected chi connectivity index (χ4v) is 2.84. The van der Waals surface area contributed by atoms with Gasteiger partial charge in [-0.25, -0.2) is 4.98 Å². The normalized spacial score (nSPS) is 14.7. The molecule has 0 saturated heterocycles. The summed E-state index contributed by atoms with van der Waals surface area (Å²) in [6.45, 7) is 6.22. The minimum Gasteiger partial charge on any atom is -0.370 e. The Labute approximate surface area is 127 Å². The third-order valence-electron chi connectivity index (χ3n) is 3.96. The Morgan fingerprint density at radius 1 is 1.10 bits per heavy atom. The Morgan fingerprint density at radius 2 is 1.95 bits per heavy atom. The summed E-state index contributed by atoms with van der Waals surface area (Å²) in [7, 11) is 0. The predicted molar refractivity (Wildman–Crippen MR) is 87.3 cm³/mol. The summed E-state index contributed by atoms with van der Waals surface area (Å²) >= 11 is 0. The average molecular weight is 281 g/mol. The molecule has 3 nitrogen and oxygen atoms in total. The number of fused-ring (bicyclic) bond motifs is 1. The predicted octanol–water partition coefficient (Wildman–Crippen LogP) is 3.46. The van der Waals surface area contributed by atoms with Crippen LogP contribution in [-0.2, 0) is 19.5 Å². The van der Waals surface area contributed by atoms with Gasteiger partial charge >= 0.3 is 0 Å². The zero-order valence-corrected chi connectivity index (χ0v) is 12.7. The molecule has 3 rings (SSSR count). The maximum atomic E-state index is 4.71. The number of hydrogen-bond donors (Lipinski definition) is 1. The van der Waals surface area contributed by atoms with Gasteiger partial charge in [0.25, 0.3) is 0 Å². The molecule has 0 fully saturated rings. The number of anilines is 1. The summed E-state index contributed by atoms with van der Waals surface area (Å²) < 4.78 is 0. The number of benzene rings is 1. The molecule has 1 N–H and O–H groups in total. The molecule has 1 aliphatic rings. The average Bonchev–Trinajstić information content (AvgIpc) is 2.53.